The van der Waals surface area contributed by atoms with Gasteiger partial charge in [-0.05, 0) is 29.8 Å². The molecule has 23 heavy (non-hydrogen) atoms. The van der Waals surface area contributed by atoms with Gasteiger partial charge in [0.15, 0.2) is 0 Å². The summed E-state index contributed by atoms with van der Waals surface area (Å²) in [7, 11) is 1.81. The summed E-state index contributed by atoms with van der Waals surface area (Å²) in [5.41, 5.74) is 3.04. The number of benzene rings is 1. The molecule has 2 N–H and O–H groups in total. The highest BCUT2D eigenvalue weighted by molar-refractivity contribution is 9.10. The zero-order chi connectivity index (χ0) is 16.1. The van der Waals surface area contributed by atoms with E-state index in [0.29, 0.717) is 12.5 Å². The van der Waals surface area contributed by atoms with Crippen LogP contribution in [0.2, 0.25) is 0 Å². The molecule has 0 radical (unpaired) electrons. The number of pyridine rings is 1. The largest absolute Gasteiger partial charge is 0.366 e. The van der Waals surface area contributed by atoms with Crippen LogP contribution in [0, 0.1) is 0 Å². The molecule has 3 aromatic rings. The third kappa shape index (κ3) is 4.04. The van der Waals surface area contributed by atoms with Crippen LogP contribution in [0.25, 0.3) is 11.3 Å². The normalized spacial score (nSPS) is 10.3. The quantitative estimate of drug-likeness (QED) is 0.712. The third-order valence-corrected chi connectivity index (χ3v) is 3.84. The molecule has 0 amide bonds. The lowest BCUT2D eigenvalue weighted by atomic mass is 10.2. The van der Waals surface area contributed by atoms with Crippen molar-refractivity contribution in [1.82, 2.24) is 15.0 Å². The first kappa shape index (κ1) is 15.4. The van der Waals surface area contributed by atoms with E-state index in [1.807, 2.05) is 37.4 Å². The van der Waals surface area contributed by atoms with Crippen molar-refractivity contribution in [2.75, 3.05) is 17.7 Å². The minimum atomic E-state index is 0.581. The zero-order valence-corrected chi connectivity index (χ0v) is 14.2. The van der Waals surface area contributed by atoms with E-state index in [0.717, 1.165) is 21.5 Å². The zero-order valence-electron chi connectivity index (χ0n) is 12.6. The third-order valence-electron chi connectivity index (χ3n) is 3.31. The molecule has 3 rings (SSSR count). The summed E-state index contributed by atoms with van der Waals surface area (Å²) in [6, 6.07) is 14.0. The van der Waals surface area contributed by atoms with Crippen LogP contribution in [0.4, 0.5) is 11.8 Å². The Morgan fingerprint density at radius 1 is 1.00 bits per heavy atom. The number of hydrogen-bond donors (Lipinski definition) is 2. The first-order chi connectivity index (χ1) is 11.2. The van der Waals surface area contributed by atoms with Crippen molar-refractivity contribution < 1.29 is 0 Å². The van der Waals surface area contributed by atoms with Gasteiger partial charge in [0.05, 0.1) is 5.69 Å². The molecule has 2 heterocycles. The second-order valence-electron chi connectivity index (χ2n) is 4.93. The number of nitrogens with zero attached hydrogens (tertiary/aromatic N) is 3. The molecule has 0 saturated heterocycles. The minimum Gasteiger partial charge on any atom is -0.366 e. The van der Waals surface area contributed by atoms with E-state index in [4.69, 9.17) is 0 Å². The number of nitrogens with one attached hydrogen (secondary N) is 2. The molecule has 0 fully saturated rings. The summed E-state index contributed by atoms with van der Waals surface area (Å²) in [4.78, 5) is 13.0. The molecule has 0 bridgehead atoms. The number of hydrogen-bond acceptors (Lipinski definition) is 5. The van der Waals surface area contributed by atoms with E-state index in [-0.39, 0.29) is 0 Å². The molecule has 0 spiro atoms. The molecule has 5 nitrogen and oxygen atoms in total. The SMILES string of the molecule is CNc1nc(NCc2ccc(Br)cc2)cc(-c2ccncc2)n1. The van der Waals surface area contributed by atoms with Crippen LogP contribution in [0.5, 0.6) is 0 Å². The van der Waals surface area contributed by atoms with Crippen LogP contribution in [-0.2, 0) is 6.54 Å². The summed E-state index contributed by atoms with van der Waals surface area (Å²) in [5.74, 6) is 1.36. The van der Waals surface area contributed by atoms with Gasteiger partial charge in [0.25, 0.3) is 0 Å². The molecule has 0 saturated carbocycles. The minimum absolute atomic E-state index is 0.581. The Labute approximate surface area is 143 Å². The van der Waals surface area contributed by atoms with Gasteiger partial charge in [-0.1, -0.05) is 28.1 Å². The predicted molar refractivity (Wildman–Crippen MR) is 96.3 cm³/mol. The number of halogens is 1. The lowest BCUT2D eigenvalue weighted by Crippen LogP contribution is -2.05. The van der Waals surface area contributed by atoms with Crippen molar-refractivity contribution >= 4 is 27.7 Å². The molecule has 0 aliphatic carbocycles. The first-order valence-electron chi connectivity index (χ1n) is 7.20. The molecule has 0 aliphatic rings. The van der Waals surface area contributed by atoms with Crippen molar-refractivity contribution in [3.05, 3.63) is 64.9 Å². The van der Waals surface area contributed by atoms with Crippen LogP contribution in [0.1, 0.15) is 5.56 Å². The van der Waals surface area contributed by atoms with Gasteiger partial charge >= 0.3 is 0 Å². The fourth-order valence-electron chi connectivity index (χ4n) is 2.12. The Kier molecular flexibility index (Phi) is 4.83. The molecule has 0 unspecified atom stereocenters. The molecule has 116 valence electrons. The van der Waals surface area contributed by atoms with Gasteiger partial charge in [-0.15, -0.1) is 0 Å². The van der Waals surface area contributed by atoms with Crippen molar-refractivity contribution in [3.8, 4) is 11.3 Å². The van der Waals surface area contributed by atoms with Crippen LogP contribution < -0.4 is 10.6 Å². The van der Waals surface area contributed by atoms with Crippen LogP contribution in [0.3, 0.4) is 0 Å². The number of anilines is 2. The Morgan fingerprint density at radius 2 is 1.74 bits per heavy atom. The van der Waals surface area contributed by atoms with Crippen molar-refractivity contribution in [1.29, 1.82) is 0 Å². The molecule has 0 atom stereocenters. The smallest absolute Gasteiger partial charge is 0.224 e. The van der Waals surface area contributed by atoms with Crippen LogP contribution in [0.15, 0.2) is 59.3 Å². The molecular formula is C17H16BrN5. The molecule has 6 heteroatoms. The van der Waals surface area contributed by atoms with Gasteiger partial charge in [-0.2, -0.15) is 4.98 Å². The number of rotatable bonds is 5. The highest BCUT2D eigenvalue weighted by Crippen LogP contribution is 2.21. The van der Waals surface area contributed by atoms with Gasteiger partial charge in [-0.25, -0.2) is 4.98 Å². The summed E-state index contributed by atoms with van der Waals surface area (Å²) in [5, 5.41) is 6.34. The van der Waals surface area contributed by atoms with E-state index < -0.39 is 0 Å². The fraction of sp³-hybridized carbons (Fsp3) is 0.118. The monoisotopic (exact) mass is 369 g/mol. The first-order valence-corrected chi connectivity index (χ1v) is 7.99. The average Bonchev–Trinajstić information content (AvgIpc) is 2.61. The predicted octanol–water partition coefficient (Wildman–Crippen LogP) is 3.95. The van der Waals surface area contributed by atoms with E-state index in [1.165, 1.54) is 5.56 Å². The van der Waals surface area contributed by atoms with Crippen LogP contribution in [-0.4, -0.2) is 22.0 Å². The van der Waals surface area contributed by atoms with Gasteiger partial charge < -0.3 is 10.6 Å². The Morgan fingerprint density at radius 3 is 2.43 bits per heavy atom. The molecule has 1 aromatic carbocycles. The van der Waals surface area contributed by atoms with Gasteiger partial charge in [-0.3, -0.25) is 4.98 Å². The van der Waals surface area contributed by atoms with E-state index >= 15 is 0 Å². The molecular weight excluding hydrogens is 354 g/mol. The van der Waals surface area contributed by atoms with Gasteiger partial charge in [0.1, 0.15) is 5.82 Å². The van der Waals surface area contributed by atoms with E-state index in [9.17, 15) is 0 Å². The maximum Gasteiger partial charge on any atom is 0.224 e. The maximum atomic E-state index is 4.49. The second kappa shape index (κ2) is 7.19. The van der Waals surface area contributed by atoms with Crippen molar-refractivity contribution in [2.45, 2.75) is 6.54 Å². The van der Waals surface area contributed by atoms with E-state index in [2.05, 4.69) is 53.6 Å². The molecule has 0 aliphatic heterocycles. The average molecular weight is 370 g/mol. The highest BCUT2D eigenvalue weighted by Gasteiger charge is 2.06. The highest BCUT2D eigenvalue weighted by atomic mass is 79.9. The van der Waals surface area contributed by atoms with Gasteiger partial charge in [0.2, 0.25) is 5.95 Å². The van der Waals surface area contributed by atoms with E-state index in [1.54, 1.807) is 12.4 Å². The van der Waals surface area contributed by atoms with Crippen molar-refractivity contribution in [3.63, 3.8) is 0 Å². The standard InChI is InChI=1S/C17H16BrN5/c1-19-17-22-15(13-6-8-20-9-7-13)10-16(23-17)21-11-12-2-4-14(18)5-3-12/h2-10H,11H2,1H3,(H2,19,21,22,23). The summed E-state index contributed by atoms with van der Waals surface area (Å²) in [6.45, 7) is 0.698. The summed E-state index contributed by atoms with van der Waals surface area (Å²) >= 11 is 3.44. The van der Waals surface area contributed by atoms with Crippen molar-refractivity contribution in [2.24, 2.45) is 0 Å². The Balaban J connectivity index is 1.82. The Bertz CT molecular complexity index is 775. The summed E-state index contributed by atoms with van der Waals surface area (Å²) < 4.78 is 1.07. The molecule has 2 aromatic heterocycles. The van der Waals surface area contributed by atoms with Crippen LogP contribution >= 0.6 is 15.9 Å². The second-order valence-corrected chi connectivity index (χ2v) is 5.84. The maximum absolute atomic E-state index is 4.49. The Hall–Kier alpha value is -2.47. The van der Waals surface area contributed by atoms with Gasteiger partial charge in [0, 0.05) is 42.1 Å². The number of aromatic nitrogens is 3. The fourth-order valence-corrected chi connectivity index (χ4v) is 2.38. The lowest BCUT2D eigenvalue weighted by Gasteiger charge is -2.10. The topological polar surface area (TPSA) is 62.7 Å². The lowest BCUT2D eigenvalue weighted by molar-refractivity contribution is 1.08. The summed E-state index contributed by atoms with van der Waals surface area (Å²) in [6.07, 6.45) is 3.51.